The molecule has 1 heterocycles. The number of amides is 2. The minimum Gasteiger partial charge on any atom is -0.508 e. The fraction of sp³-hybridized carbons (Fsp3) is 0.333. The molecule has 2 amide bonds. The van der Waals surface area contributed by atoms with Gasteiger partial charge in [0.2, 0.25) is 11.8 Å². The molecule has 14 heteroatoms. The zero-order valence-electron chi connectivity index (χ0n) is 26.4. The molecule has 0 radical (unpaired) electrons. The number of ether oxygens (including phenoxy) is 1. The van der Waals surface area contributed by atoms with Crippen LogP contribution in [0, 0.1) is 17.8 Å². The first-order valence-corrected chi connectivity index (χ1v) is 15.9. The number of nitrogens with zero attached hydrogens (tertiary/aromatic N) is 1. The van der Waals surface area contributed by atoms with Gasteiger partial charge in [-0.2, -0.15) is 26.3 Å². The normalized spacial score (nSPS) is 20.7. The minimum absolute atomic E-state index is 0.0181. The maximum Gasteiger partial charge on any atom is 0.416 e. The van der Waals surface area contributed by atoms with Crippen molar-refractivity contribution in [3.8, 4) is 11.5 Å². The van der Waals surface area contributed by atoms with Crippen LogP contribution in [0.3, 0.4) is 0 Å². The van der Waals surface area contributed by atoms with Gasteiger partial charge in [-0.1, -0.05) is 41.4 Å². The summed E-state index contributed by atoms with van der Waals surface area (Å²) in [5.74, 6) is -5.54. The highest BCUT2D eigenvalue weighted by atomic mass is 35.5. The zero-order chi connectivity index (χ0) is 36.5. The number of aliphatic hydroxyl groups is 2. The van der Waals surface area contributed by atoms with Crippen molar-refractivity contribution in [1.82, 2.24) is 0 Å². The number of phenolic OH excluding ortho intramolecular Hbond substituents is 1. The van der Waals surface area contributed by atoms with Crippen molar-refractivity contribution in [2.45, 2.75) is 44.6 Å². The summed E-state index contributed by atoms with van der Waals surface area (Å²) >= 11 is 6.22. The SMILES string of the molecule is C/C(=C\c1ccc(O)cc1Cl)CC[C@@H](O)C1=C(COc2ccccc2)C[C@H]2C(=O)N(c3cc(C(F)(F)F)cc(C(F)(F)F)c3)C(=O)[C@H]2[C@H]1CO. The summed E-state index contributed by atoms with van der Waals surface area (Å²) in [5, 5.41) is 32.2. The number of aliphatic hydroxyl groups excluding tert-OH is 2. The number of carbonyl (C=O) groups excluding carboxylic acids is 2. The first-order valence-electron chi connectivity index (χ1n) is 15.5. The lowest BCUT2D eigenvalue weighted by Crippen LogP contribution is -2.40. The Labute approximate surface area is 288 Å². The number of benzene rings is 3. The lowest BCUT2D eigenvalue weighted by Gasteiger charge is -2.36. The van der Waals surface area contributed by atoms with Crippen LogP contribution in [0.2, 0.25) is 5.02 Å². The van der Waals surface area contributed by atoms with Crippen LogP contribution in [-0.4, -0.2) is 46.5 Å². The van der Waals surface area contributed by atoms with E-state index in [1.54, 1.807) is 49.4 Å². The summed E-state index contributed by atoms with van der Waals surface area (Å²) in [6.07, 6.45) is -9.81. The molecule has 4 atom stereocenters. The summed E-state index contributed by atoms with van der Waals surface area (Å²) in [6.45, 7) is 0.840. The van der Waals surface area contributed by atoms with Crippen molar-refractivity contribution >= 4 is 35.2 Å². The number of allylic oxidation sites excluding steroid dienone is 1. The van der Waals surface area contributed by atoms with Crippen molar-refractivity contribution in [3.63, 3.8) is 0 Å². The highest BCUT2D eigenvalue weighted by Crippen LogP contribution is 2.48. The molecule has 7 nitrogen and oxygen atoms in total. The van der Waals surface area contributed by atoms with Crippen molar-refractivity contribution in [1.29, 1.82) is 0 Å². The fourth-order valence-corrected chi connectivity index (χ4v) is 6.82. The topological polar surface area (TPSA) is 107 Å². The Balaban J connectivity index is 1.50. The molecule has 5 rings (SSSR count). The first-order chi connectivity index (χ1) is 23.5. The highest BCUT2D eigenvalue weighted by molar-refractivity contribution is 6.32. The quantitative estimate of drug-likeness (QED) is 0.112. The zero-order valence-corrected chi connectivity index (χ0v) is 27.2. The van der Waals surface area contributed by atoms with Gasteiger partial charge in [0.05, 0.1) is 46.4 Å². The second-order valence-corrected chi connectivity index (χ2v) is 12.7. The molecule has 1 saturated heterocycles. The monoisotopic (exact) mass is 723 g/mol. The van der Waals surface area contributed by atoms with Crippen molar-refractivity contribution in [2.75, 3.05) is 18.1 Å². The van der Waals surface area contributed by atoms with Crippen molar-refractivity contribution < 1.29 is 56.0 Å². The molecular weight excluding hydrogens is 692 g/mol. The van der Waals surface area contributed by atoms with Crippen LogP contribution < -0.4 is 9.64 Å². The summed E-state index contributed by atoms with van der Waals surface area (Å²) in [5.41, 5.74) is -2.32. The van der Waals surface area contributed by atoms with E-state index < -0.39 is 71.4 Å². The third-order valence-electron chi connectivity index (χ3n) is 8.92. The van der Waals surface area contributed by atoms with E-state index in [-0.39, 0.29) is 36.8 Å². The van der Waals surface area contributed by atoms with Crippen LogP contribution >= 0.6 is 11.6 Å². The van der Waals surface area contributed by atoms with E-state index in [9.17, 15) is 51.3 Å². The molecule has 1 aliphatic carbocycles. The molecule has 3 N–H and O–H groups in total. The number of para-hydroxylation sites is 1. The van der Waals surface area contributed by atoms with Gasteiger partial charge in [-0.3, -0.25) is 9.59 Å². The van der Waals surface area contributed by atoms with Crippen molar-refractivity contribution in [2.24, 2.45) is 17.8 Å². The number of anilines is 1. The predicted octanol–water partition coefficient (Wildman–Crippen LogP) is 7.82. The van der Waals surface area contributed by atoms with E-state index >= 15 is 0 Å². The third kappa shape index (κ3) is 7.85. The van der Waals surface area contributed by atoms with E-state index in [2.05, 4.69) is 0 Å². The first kappa shape index (κ1) is 36.9. The van der Waals surface area contributed by atoms with Crippen LogP contribution in [0.15, 0.2) is 83.4 Å². The standard InChI is InChI=1S/C36H32ClF6NO6/c1-19(11-20-8-9-25(46)16-29(20)37)7-10-30(47)31-21(18-50-26-5-3-2-4-6-26)12-27-32(28(31)17-45)34(49)44(33(27)48)24-14-22(35(38,39)40)13-23(15-24)36(41,42)43/h2-6,8-9,11,13-16,27-28,30,32,45-47H,7,10,12,17-18H2,1H3/b19-11+/t27-,28+,30-,32-/m1/s1. The number of hydrogen-bond acceptors (Lipinski definition) is 6. The largest absolute Gasteiger partial charge is 0.508 e. The molecule has 3 aromatic carbocycles. The highest BCUT2D eigenvalue weighted by Gasteiger charge is 2.56. The average Bonchev–Trinajstić information content (AvgIpc) is 3.31. The number of phenols is 1. The Morgan fingerprint density at radius 1 is 0.980 bits per heavy atom. The van der Waals surface area contributed by atoms with Crippen LogP contribution in [0.4, 0.5) is 32.0 Å². The Bertz CT molecular complexity index is 1790. The number of imide groups is 1. The number of alkyl halides is 6. The molecule has 266 valence electrons. The van der Waals surface area contributed by atoms with Crippen LogP contribution in [0.5, 0.6) is 11.5 Å². The molecule has 0 aromatic heterocycles. The molecular formula is C36H32ClF6NO6. The van der Waals surface area contributed by atoms with Gasteiger partial charge < -0.3 is 20.1 Å². The van der Waals surface area contributed by atoms with Crippen LogP contribution in [0.1, 0.15) is 42.9 Å². The number of fused-ring (bicyclic) bond motifs is 1. The Kier molecular flexibility index (Phi) is 10.7. The fourth-order valence-electron chi connectivity index (χ4n) is 6.59. The summed E-state index contributed by atoms with van der Waals surface area (Å²) in [6, 6.07) is 13.5. The average molecular weight is 724 g/mol. The van der Waals surface area contributed by atoms with Gasteiger partial charge in [-0.15, -0.1) is 0 Å². The van der Waals surface area contributed by atoms with E-state index in [4.69, 9.17) is 16.3 Å². The van der Waals surface area contributed by atoms with Gasteiger partial charge in [-0.05, 0) is 91.4 Å². The van der Waals surface area contributed by atoms with Crippen molar-refractivity contribution in [3.05, 3.63) is 105 Å². The van der Waals surface area contributed by atoms with Gasteiger partial charge in [0.15, 0.2) is 0 Å². The number of rotatable bonds is 10. The number of aromatic hydroxyl groups is 1. The molecule has 0 saturated carbocycles. The molecule has 1 fully saturated rings. The van der Waals surface area contributed by atoms with E-state index in [1.165, 1.54) is 12.1 Å². The molecule has 1 aliphatic heterocycles. The van der Waals surface area contributed by atoms with Gasteiger partial charge in [0.25, 0.3) is 0 Å². The minimum atomic E-state index is -5.22. The molecule has 50 heavy (non-hydrogen) atoms. The van der Waals surface area contributed by atoms with Gasteiger partial charge in [0, 0.05) is 5.92 Å². The third-order valence-corrected chi connectivity index (χ3v) is 9.25. The molecule has 0 spiro atoms. The molecule has 2 aliphatic rings. The van der Waals surface area contributed by atoms with Crippen LogP contribution in [0.25, 0.3) is 6.08 Å². The smallest absolute Gasteiger partial charge is 0.416 e. The summed E-state index contributed by atoms with van der Waals surface area (Å²) in [4.78, 5) is 28.0. The molecule has 0 unspecified atom stereocenters. The Morgan fingerprint density at radius 3 is 2.20 bits per heavy atom. The predicted molar refractivity (Wildman–Crippen MR) is 172 cm³/mol. The Morgan fingerprint density at radius 2 is 1.62 bits per heavy atom. The molecule has 3 aromatic rings. The number of carbonyl (C=O) groups is 2. The maximum atomic E-state index is 13.9. The summed E-state index contributed by atoms with van der Waals surface area (Å²) in [7, 11) is 0. The van der Waals surface area contributed by atoms with Gasteiger partial charge in [0.1, 0.15) is 18.1 Å². The van der Waals surface area contributed by atoms with E-state index in [0.717, 1.165) is 5.57 Å². The molecule has 0 bridgehead atoms. The Hall–Kier alpha value is -4.33. The maximum absolute atomic E-state index is 13.9. The lowest BCUT2D eigenvalue weighted by molar-refractivity contribution is -0.143. The lowest BCUT2D eigenvalue weighted by atomic mass is 9.68. The number of hydrogen-bond donors (Lipinski definition) is 3. The van der Waals surface area contributed by atoms with E-state index in [0.29, 0.717) is 45.4 Å². The number of halogens is 7. The van der Waals surface area contributed by atoms with Gasteiger partial charge >= 0.3 is 12.4 Å². The summed E-state index contributed by atoms with van der Waals surface area (Å²) < 4.78 is 88.0. The van der Waals surface area contributed by atoms with Crippen LogP contribution in [-0.2, 0) is 21.9 Å². The van der Waals surface area contributed by atoms with E-state index in [1.807, 2.05) is 0 Å². The second kappa shape index (κ2) is 14.5. The van der Waals surface area contributed by atoms with Gasteiger partial charge in [-0.25, -0.2) is 4.90 Å². The second-order valence-electron chi connectivity index (χ2n) is 12.3.